The summed E-state index contributed by atoms with van der Waals surface area (Å²) >= 11 is 1.47. The summed E-state index contributed by atoms with van der Waals surface area (Å²) in [5.41, 5.74) is 6.53. The third-order valence-electron chi connectivity index (χ3n) is 3.32. The first-order valence-electron chi connectivity index (χ1n) is 6.39. The predicted octanol–water partition coefficient (Wildman–Crippen LogP) is 2.43. The van der Waals surface area contributed by atoms with Gasteiger partial charge in [0.25, 0.3) is 5.91 Å². The lowest BCUT2D eigenvalue weighted by atomic mass is 9.84. The van der Waals surface area contributed by atoms with Gasteiger partial charge < -0.3 is 10.6 Å². The second-order valence-corrected chi connectivity index (χ2v) is 6.74. The molecule has 0 aromatic carbocycles. The molecule has 1 atom stereocenters. The van der Waals surface area contributed by atoms with Crippen LogP contribution in [-0.2, 0) is 0 Å². The first-order chi connectivity index (χ1) is 8.39. The van der Waals surface area contributed by atoms with E-state index in [9.17, 15) is 4.79 Å². The van der Waals surface area contributed by atoms with Crippen molar-refractivity contribution in [2.24, 2.45) is 11.1 Å². The number of thiazole rings is 1. The van der Waals surface area contributed by atoms with Crippen molar-refractivity contribution in [3.05, 3.63) is 16.1 Å². The van der Waals surface area contributed by atoms with Crippen LogP contribution in [0.25, 0.3) is 0 Å². The summed E-state index contributed by atoms with van der Waals surface area (Å²) in [6.07, 6.45) is 2.25. The van der Waals surface area contributed by atoms with Crippen molar-refractivity contribution in [2.45, 2.75) is 39.7 Å². The van der Waals surface area contributed by atoms with Gasteiger partial charge in [-0.25, -0.2) is 4.98 Å². The number of carbonyl (C=O) groups excluding carboxylic acids is 1. The Labute approximate surface area is 112 Å². The van der Waals surface area contributed by atoms with Crippen LogP contribution in [-0.4, -0.2) is 28.9 Å². The van der Waals surface area contributed by atoms with E-state index in [1.807, 2.05) is 17.2 Å². The molecule has 1 aromatic rings. The highest BCUT2D eigenvalue weighted by Gasteiger charge is 2.30. The van der Waals surface area contributed by atoms with Gasteiger partial charge in [0, 0.05) is 18.5 Å². The summed E-state index contributed by atoms with van der Waals surface area (Å²) in [4.78, 5) is 18.6. The van der Waals surface area contributed by atoms with Gasteiger partial charge >= 0.3 is 0 Å². The Morgan fingerprint density at radius 1 is 1.61 bits per heavy atom. The van der Waals surface area contributed by atoms with E-state index >= 15 is 0 Å². The molecule has 1 aliphatic heterocycles. The third-order valence-corrected chi connectivity index (χ3v) is 4.36. The minimum Gasteiger partial charge on any atom is -0.337 e. The number of nitrogens with zero attached hydrogens (tertiary/aromatic N) is 2. The van der Waals surface area contributed by atoms with Gasteiger partial charge in [0.1, 0.15) is 10.7 Å². The Bertz CT molecular complexity index is 439. The summed E-state index contributed by atoms with van der Waals surface area (Å²) in [6, 6.07) is -0.102. The SMILES string of the molecule is CC(N)c1nc(C(=O)N2CCCC(C)(C)C2)cs1. The molecule has 2 N–H and O–H groups in total. The average Bonchev–Trinajstić information content (AvgIpc) is 2.76. The zero-order chi connectivity index (χ0) is 13.3. The van der Waals surface area contributed by atoms with Crippen LogP contribution in [0.1, 0.15) is 55.2 Å². The molecule has 2 rings (SSSR count). The van der Waals surface area contributed by atoms with Crippen molar-refractivity contribution < 1.29 is 4.79 Å². The lowest BCUT2D eigenvalue weighted by Gasteiger charge is -2.37. The summed E-state index contributed by atoms with van der Waals surface area (Å²) in [6.45, 7) is 7.96. The van der Waals surface area contributed by atoms with Crippen LogP contribution in [0.5, 0.6) is 0 Å². The van der Waals surface area contributed by atoms with E-state index < -0.39 is 0 Å². The van der Waals surface area contributed by atoms with Crippen LogP contribution in [0, 0.1) is 5.41 Å². The minimum absolute atomic E-state index is 0.0472. The fraction of sp³-hybridized carbons (Fsp3) is 0.692. The lowest BCUT2D eigenvalue weighted by molar-refractivity contribution is 0.0578. The minimum atomic E-state index is -0.102. The molecule has 0 radical (unpaired) electrons. The van der Waals surface area contributed by atoms with Crippen LogP contribution in [0.3, 0.4) is 0 Å². The van der Waals surface area contributed by atoms with Gasteiger partial charge in [-0.15, -0.1) is 11.3 Å². The largest absolute Gasteiger partial charge is 0.337 e. The summed E-state index contributed by atoms with van der Waals surface area (Å²) < 4.78 is 0. The van der Waals surface area contributed by atoms with Gasteiger partial charge in [-0.1, -0.05) is 13.8 Å². The number of hydrogen-bond donors (Lipinski definition) is 1. The molecule has 0 saturated carbocycles. The van der Waals surface area contributed by atoms with Crippen molar-refractivity contribution in [3.63, 3.8) is 0 Å². The number of rotatable bonds is 2. The van der Waals surface area contributed by atoms with Crippen molar-refractivity contribution in [3.8, 4) is 0 Å². The van der Waals surface area contributed by atoms with E-state index in [0.29, 0.717) is 5.69 Å². The molecule has 1 fully saturated rings. The molecule has 1 saturated heterocycles. The molecule has 1 unspecified atom stereocenters. The molecule has 0 spiro atoms. The smallest absolute Gasteiger partial charge is 0.273 e. The maximum Gasteiger partial charge on any atom is 0.273 e. The number of carbonyl (C=O) groups is 1. The topological polar surface area (TPSA) is 59.2 Å². The third kappa shape index (κ3) is 2.90. The Morgan fingerprint density at radius 3 is 2.89 bits per heavy atom. The number of amides is 1. The predicted molar refractivity (Wildman–Crippen MR) is 73.6 cm³/mol. The van der Waals surface area contributed by atoms with E-state index in [0.717, 1.165) is 24.5 Å². The normalized spacial score (nSPS) is 20.8. The molecule has 4 nitrogen and oxygen atoms in total. The lowest BCUT2D eigenvalue weighted by Crippen LogP contribution is -2.43. The fourth-order valence-electron chi connectivity index (χ4n) is 2.35. The van der Waals surface area contributed by atoms with Crippen LogP contribution in [0.2, 0.25) is 0 Å². The number of piperidine rings is 1. The fourth-order valence-corrected chi connectivity index (χ4v) is 3.11. The van der Waals surface area contributed by atoms with Crippen LogP contribution in [0.4, 0.5) is 0 Å². The number of likely N-dealkylation sites (tertiary alicyclic amines) is 1. The number of aromatic nitrogens is 1. The van der Waals surface area contributed by atoms with E-state index in [4.69, 9.17) is 5.73 Å². The number of hydrogen-bond acceptors (Lipinski definition) is 4. The van der Waals surface area contributed by atoms with Crippen LogP contribution in [0.15, 0.2) is 5.38 Å². The Kier molecular flexibility index (Phi) is 3.73. The Morgan fingerprint density at radius 2 is 2.33 bits per heavy atom. The van der Waals surface area contributed by atoms with Crippen LogP contribution >= 0.6 is 11.3 Å². The molecule has 2 heterocycles. The molecule has 1 aromatic heterocycles. The highest BCUT2D eigenvalue weighted by molar-refractivity contribution is 7.09. The maximum absolute atomic E-state index is 12.4. The van der Waals surface area contributed by atoms with Gasteiger partial charge in [-0.3, -0.25) is 4.79 Å². The molecular weight excluding hydrogens is 246 g/mol. The highest BCUT2D eigenvalue weighted by Crippen LogP contribution is 2.29. The molecule has 0 bridgehead atoms. The van der Waals surface area contributed by atoms with E-state index in [1.165, 1.54) is 17.8 Å². The summed E-state index contributed by atoms with van der Waals surface area (Å²) in [5, 5.41) is 2.65. The monoisotopic (exact) mass is 267 g/mol. The van der Waals surface area contributed by atoms with Crippen molar-refractivity contribution in [1.29, 1.82) is 0 Å². The first-order valence-corrected chi connectivity index (χ1v) is 7.27. The van der Waals surface area contributed by atoms with Crippen LogP contribution < -0.4 is 5.73 Å². The molecule has 1 amide bonds. The van der Waals surface area contributed by atoms with Crippen molar-refractivity contribution in [2.75, 3.05) is 13.1 Å². The van der Waals surface area contributed by atoms with E-state index in [1.54, 1.807) is 0 Å². The van der Waals surface area contributed by atoms with Gasteiger partial charge in [-0.2, -0.15) is 0 Å². The summed E-state index contributed by atoms with van der Waals surface area (Å²) in [7, 11) is 0. The zero-order valence-electron chi connectivity index (χ0n) is 11.3. The maximum atomic E-state index is 12.4. The molecule has 1 aliphatic rings. The molecule has 100 valence electrons. The summed E-state index contributed by atoms with van der Waals surface area (Å²) in [5.74, 6) is 0.0472. The Balaban J connectivity index is 2.10. The van der Waals surface area contributed by atoms with Gasteiger partial charge in [0.2, 0.25) is 0 Å². The molecule has 5 heteroatoms. The standard InChI is InChI=1S/C13H21N3OS/c1-9(14)11-15-10(7-18-11)12(17)16-6-4-5-13(2,3)8-16/h7,9H,4-6,8,14H2,1-3H3. The number of nitrogens with two attached hydrogens (primary N) is 1. The molecular formula is C13H21N3OS. The molecule has 18 heavy (non-hydrogen) atoms. The highest BCUT2D eigenvalue weighted by atomic mass is 32.1. The van der Waals surface area contributed by atoms with E-state index in [-0.39, 0.29) is 17.4 Å². The van der Waals surface area contributed by atoms with Gasteiger partial charge in [-0.05, 0) is 25.2 Å². The average molecular weight is 267 g/mol. The first kappa shape index (κ1) is 13.5. The second-order valence-electron chi connectivity index (χ2n) is 5.85. The Hall–Kier alpha value is -0.940. The van der Waals surface area contributed by atoms with Crippen molar-refractivity contribution in [1.82, 2.24) is 9.88 Å². The van der Waals surface area contributed by atoms with Crippen molar-refractivity contribution >= 4 is 17.2 Å². The van der Waals surface area contributed by atoms with E-state index in [2.05, 4.69) is 18.8 Å². The zero-order valence-corrected chi connectivity index (χ0v) is 12.1. The molecule has 0 aliphatic carbocycles. The van der Waals surface area contributed by atoms with Gasteiger partial charge in [0.05, 0.1) is 6.04 Å². The van der Waals surface area contributed by atoms with Gasteiger partial charge in [0.15, 0.2) is 0 Å². The quantitative estimate of drug-likeness (QED) is 0.895. The second kappa shape index (κ2) is 4.97.